The molecule has 4 nitrogen and oxygen atoms in total. The Morgan fingerprint density at radius 3 is 2.00 bits per heavy atom. The standard InChI is InChI=1S/C21H14Cl3F7N2O2/c1-8(18(32)34)33-19(35)11-3-2-9(4-13(11)21(29,30)31)16(25)7-12(20(26,27)28)10-5-14(22)17(24)15(23)6-10/h2-8,12H,1H3,(H2,32,34)(H,33,35)/b16-7-. The quantitative estimate of drug-likeness (QED) is 0.295. The molecule has 2 unspecified atom stereocenters. The molecule has 190 valence electrons. The molecule has 0 aliphatic heterocycles. The van der Waals surface area contributed by atoms with Gasteiger partial charge < -0.3 is 11.1 Å². The average Bonchev–Trinajstić information content (AvgIpc) is 2.73. The molecule has 2 aromatic rings. The third kappa shape index (κ3) is 7.02. The van der Waals surface area contributed by atoms with Gasteiger partial charge in [0.15, 0.2) is 0 Å². The lowest BCUT2D eigenvalue weighted by Gasteiger charge is -2.19. The molecule has 0 bridgehead atoms. The lowest BCUT2D eigenvalue weighted by atomic mass is 9.95. The van der Waals surface area contributed by atoms with Crippen molar-refractivity contribution in [3.63, 3.8) is 0 Å². The molecule has 0 aliphatic carbocycles. The van der Waals surface area contributed by atoms with Gasteiger partial charge in [-0.1, -0.05) is 40.9 Å². The van der Waals surface area contributed by atoms with Crippen molar-refractivity contribution >= 4 is 52.4 Å². The fourth-order valence-corrected chi connectivity index (χ4v) is 3.46. The van der Waals surface area contributed by atoms with E-state index in [4.69, 9.17) is 40.5 Å². The molecule has 2 amide bonds. The summed E-state index contributed by atoms with van der Waals surface area (Å²) in [6.07, 6.45) is -10.2. The predicted octanol–water partition coefficient (Wildman–Crippen LogP) is 6.93. The van der Waals surface area contributed by atoms with E-state index in [9.17, 15) is 40.3 Å². The van der Waals surface area contributed by atoms with Gasteiger partial charge in [-0.05, 0) is 42.8 Å². The van der Waals surface area contributed by atoms with Gasteiger partial charge in [0.05, 0.1) is 26.2 Å². The van der Waals surface area contributed by atoms with Crippen molar-refractivity contribution < 1.29 is 40.3 Å². The van der Waals surface area contributed by atoms with Crippen LogP contribution in [0.4, 0.5) is 30.7 Å². The minimum atomic E-state index is -5.19. The molecule has 0 saturated carbocycles. The Labute approximate surface area is 208 Å². The van der Waals surface area contributed by atoms with Gasteiger partial charge in [-0.2, -0.15) is 26.3 Å². The van der Waals surface area contributed by atoms with Gasteiger partial charge in [-0.3, -0.25) is 9.59 Å². The first-order valence-corrected chi connectivity index (χ1v) is 10.5. The van der Waals surface area contributed by atoms with E-state index in [-0.39, 0.29) is 27.2 Å². The Morgan fingerprint density at radius 1 is 1.00 bits per heavy atom. The molecule has 35 heavy (non-hydrogen) atoms. The van der Waals surface area contributed by atoms with E-state index >= 15 is 0 Å². The van der Waals surface area contributed by atoms with Gasteiger partial charge in [0, 0.05) is 5.56 Å². The van der Waals surface area contributed by atoms with Crippen molar-refractivity contribution in [2.75, 3.05) is 0 Å². The summed E-state index contributed by atoms with van der Waals surface area (Å²) < 4.78 is 96.5. The van der Waals surface area contributed by atoms with Gasteiger partial charge >= 0.3 is 12.4 Å². The van der Waals surface area contributed by atoms with Crippen LogP contribution >= 0.6 is 34.8 Å². The Balaban J connectivity index is 2.58. The monoisotopic (exact) mass is 564 g/mol. The summed E-state index contributed by atoms with van der Waals surface area (Å²) in [4.78, 5) is 23.2. The molecule has 0 aliphatic rings. The molecular formula is C21H14Cl3F7N2O2. The highest BCUT2D eigenvalue weighted by Gasteiger charge is 2.41. The molecule has 0 saturated heterocycles. The highest BCUT2D eigenvalue weighted by molar-refractivity contribution is 6.48. The summed E-state index contributed by atoms with van der Waals surface area (Å²) in [5.74, 6) is -6.70. The SMILES string of the molecule is CC(NC(=O)c1ccc(/C(F)=C/C(c2cc(Cl)c(Cl)c(Cl)c2)C(F)(F)F)cc1C(F)(F)F)C(N)=O. The fraction of sp³-hybridized carbons (Fsp3) is 0.238. The van der Waals surface area contributed by atoms with E-state index in [1.165, 1.54) is 0 Å². The highest BCUT2D eigenvalue weighted by Crippen LogP contribution is 2.42. The molecule has 2 rings (SSSR count). The third-order valence-electron chi connectivity index (χ3n) is 4.65. The van der Waals surface area contributed by atoms with Gasteiger partial charge in [0.1, 0.15) is 17.8 Å². The summed E-state index contributed by atoms with van der Waals surface area (Å²) in [6.45, 7) is 1.12. The zero-order chi connectivity index (χ0) is 26.9. The molecule has 3 N–H and O–H groups in total. The Kier molecular flexibility index (Phi) is 8.73. The summed E-state index contributed by atoms with van der Waals surface area (Å²) in [7, 11) is 0. The Bertz CT molecular complexity index is 1160. The second kappa shape index (κ2) is 10.6. The lowest BCUT2D eigenvalue weighted by Crippen LogP contribution is -2.42. The number of rotatable bonds is 6. The summed E-state index contributed by atoms with van der Waals surface area (Å²) >= 11 is 17.2. The number of alkyl halides is 6. The first-order chi connectivity index (χ1) is 15.9. The summed E-state index contributed by atoms with van der Waals surface area (Å²) in [5, 5.41) is 1.00. The van der Waals surface area contributed by atoms with Crippen LogP contribution in [0.15, 0.2) is 36.4 Å². The number of allylic oxidation sites excluding steroid dienone is 1. The predicted molar refractivity (Wildman–Crippen MR) is 117 cm³/mol. The zero-order valence-corrected chi connectivity index (χ0v) is 19.6. The normalized spacial score (nSPS) is 14.4. The van der Waals surface area contributed by atoms with E-state index in [1.54, 1.807) is 0 Å². The number of amides is 2. The van der Waals surface area contributed by atoms with Gasteiger partial charge in [-0.25, -0.2) is 4.39 Å². The van der Waals surface area contributed by atoms with Gasteiger partial charge in [0.25, 0.3) is 5.91 Å². The lowest BCUT2D eigenvalue weighted by molar-refractivity contribution is -0.140. The molecular weight excluding hydrogens is 552 g/mol. The largest absolute Gasteiger partial charge is 0.417 e. The van der Waals surface area contributed by atoms with E-state index in [1.807, 2.05) is 5.32 Å². The highest BCUT2D eigenvalue weighted by atomic mass is 35.5. The summed E-state index contributed by atoms with van der Waals surface area (Å²) in [6, 6.07) is 1.68. The average molecular weight is 566 g/mol. The minimum absolute atomic E-state index is 0.0420. The molecule has 14 heteroatoms. The Morgan fingerprint density at radius 2 is 1.54 bits per heavy atom. The van der Waals surface area contributed by atoms with Crippen LogP contribution < -0.4 is 11.1 Å². The van der Waals surface area contributed by atoms with E-state index in [0.29, 0.717) is 12.1 Å². The number of hydrogen-bond donors (Lipinski definition) is 2. The molecule has 0 heterocycles. The van der Waals surface area contributed by atoms with Crippen LogP contribution in [0.2, 0.25) is 15.1 Å². The number of halogens is 10. The number of nitrogens with two attached hydrogens (primary N) is 1. The Hall–Kier alpha value is -2.50. The number of primary amides is 1. The van der Waals surface area contributed by atoms with E-state index in [2.05, 4.69) is 0 Å². The van der Waals surface area contributed by atoms with Crippen molar-refractivity contribution in [3.8, 4) is 0 Å². The molecule has 2 atom stereocenters. The summed E-state index contributed by atoms with van der Waals surface area (Å²) in [5.41, 5.74) is 0.815. The zero-order valence-electron chi connectivity index (χ0n) is 17.3. The van der Waals surface area contributed by atoms with Crippen molar-refractivity contribution in [1.29, 1.82) is 0 Å². The fourth-order valence-electron chi connectivity index (χ4n) is 2.85. The number of benzene rings is 2. The molecule has 0 fully saturated rings. The second-order valence-electron chi connectivity index (χ2n) is 7.19. The van der Waals surface area contributed by atoms with Crippen molar-refractivity contribution in [2.45, 2.75) is 31.2 Å². The van der Waals surface area contributed by atoms with Crippen LogP contribution in [0.3, 0.4) is 0 Å². The van der Waals surface area contributed by atoms with Crippen molar-refractivity contribution in [3.05, 3.63) is 73.7 Å². The van der Waals surface area contributed by atoms with E-state index in [0.717, 1.165) is 19.1 Å². The van der Waals surface area contributed by atoms with Crippen LogP contribution in [-0.4, -0.2) is 24.0 Å². The third-order valence-corrected chi connectivity index (χ3v) is 5.85. The van der Waals surface area contributed by atoms with Crippen LogP contribution in [0, 0.1) is 0 Å². The maximum absolute atomic E-state index is 14.8. The maximum atomic E-state index is 14.8. The smallest absolute Gasteiger partial charge is 0.368 e. The van der Waals surface area contributed by atoms with Crippen molar-refractivity contribution in [1.82, 2.24) is 5.32 Å². The van der Waals surface area contributed by atoms with Crippen LogP contribution in [-0.2, 0) is 11.0 Å². The number of carbonyl (C=O) groups excluding carboxylic acids is 2. The topological polar surface area (TPSA) is 72.2 Å². The maximum Gasteiger partial charge on any atom is 0.417 e. The number of nitrogens with one attached hydrogen (secondary N) is 1. The van der Waals surface area contributed by atoms with Gasteiger partial charge in [-0.15, -0.1) is 0 Å². The second-order valence-corrected chi connectivity index (χ2v) is 8.38. The molecule has 0 radical (unpaired) electrons. The number of hydrogen-bond acceptors (Lipinski definition) is 2. The van der Waals surface area contributed by atoms with Gasteiger partial charge in [0.2, 0.25) is 5.91 Å². The number of carbonyl (C=O) groups is 2. The molecule has 0 aromatic heterocycles. The van der Waals surface area contributed by atoms with Crippen molar-refractivity contribution in [2.24, 2.45) is 5.73 Å². The molecule has 2 aromatic carbocycles. The molecule has 0 spiro atoms. The van der Waals surface area contributed by atoms with E-state index < -0.39 is 64.2 Å². The van der Waals surface area contributed by atoms with Crippen LogP contribution in [0.5, 0.6) is 0 Å². The first-order valence-electron chi connectivity index (χ1n) is 9.33. The van der Waals surface area contributed by atoms with Crippen LogP contribution in [0.1, 0.15) is 39.9 Å². The first kappa shape index (κ1) is 28.7. The van der Waals surface area contributed by atoms with Crippen LogP contribution in [0.25, 0.3) is 5.83 Å². The minimum Gasteiger partial charge on any atom is -0.368 e.